The van der Waals surface area contributed by atoms with E-state index >= 15 is 0 Å². The van der Waals surface area contributed by atoms with Gasteiger partial charge in [0.15, 0.2) is 6.10 Å². The topological polar surface area (TPSA) is 78.9 Å². The molecule has 0 radical (unpaired) electrons. The number of unbranched alkanes of at least 4 members (excludes halogenated alkanes) is 43. The van der Waals surface area contributed by atoms with Crippen LogP contribution in [0.5, 0.6) is 0 Å². The van der Waals surface area contributed by atoms with E-state index in [0.717, 1.165) is 70.6 Å². The molecule has 0 saturated heterocycles. The highest BCUT2D eigenvalue weighted by Gasteiger charge is 2.19. The second-order valence-electron chi connectivity index (χ2n) is 21.3. The summed E-state index contributed by atoms with van der Waals surface area (Å²) in [7, 11) is 0. The van der Waals surface area contributed by atoms with E-state index in [4.69, 9.17) is 14.2 Å². The van der Waals surface area contributed by atoms with E-state index < -0.39 is 6.10 Å². The van der Waals surface area contributed by atoms with Crippen LogP contribution >= 0.6 is 0 Å². The number of carbonyl (C=O) groups is 3. The predicted molar refractivity (Wildman–Crippen MR) is 303 cm³/mol. The monoisotopic (exact) mass is 985 g/mol. The van der Waals surface area contributed by atoms with Gasteiger partial charge in [0.2, 0.25) is 0 Å². The third-order valence-corrected chi connectivity index (χ3v) is 14.2. The van der Waals surface area contributed by atoms with Crippen LogP contribution in [0.1, 0.15) is 348 Å². The Morgan fingerprint density at radius 2 is 0.471 bits per heavy atom. The van der Waals surface area contributed by atoms with Crippen molar-refractivity contribution in [2.24, 2.45) is 0 Å². The summed E-state index contributed by atoms with van der Waals surface area (Å²) in [6.07, 6.45) is 70.5. The summed E-state index contributed by atoms with van der Waals surface area (Å²) in [6, 6.07) is 0. The molecule has 0 aromatic rings. The molecule has 70 heavy (non-hydrogen) atoms. The van der Waals surface area contributed by atoms with Crippen molar-refractivity contribution >= 4 is 17.9 Å². The Bertz CT molecular complexity index is 1130. The van der Waals surface area contributed by atoms with Gasteiger partial charge in [-0.3, -0.25) is 14.4 Å². The van der Waals surface area contributed by atoms with E-state index in [2.05, 4.69) is 45.1 Å². The van der Waals surface area contributed by atoms with E-state index in [0.29, 0.717) is 19.3 Å². The summed E-state index contributed by atoms with van der Waals surface area (Å²) in [6.45, 7) is 6.66. The summed E-state index contributed by atoms with van der Waals surface area (Å²) in [5, 5.41) is 0. The van der Waals surface area contributed by atoms with Gasteiger partial charge < -0.3 is 14.2 Å². The number of esters is 3. The molecular weight excluding hydrogens is 865 g/mol. The Labute approximate surface area is 436 Å². The van der Waals surface area contributed by atoms with Crippen LogP contribution in [0.15, 0.2) is 24.3 Å². The smallest absolute Gasteiger partial charge is 0.306 e. The summed E-state index contributed by atoms with van der Waals surface area (Å²) < 4.78 is 16.9. The first-order valence-corrected chi connectivity index (χ1v) is 31.3. The van der Waals surface area contributed by atoms with E-state index in [1.54, 1.807) is 0 Å². The molecule has 0 N–H and O–H groups in total. The van der Waals surface area contributed by atoms with E-state index in [1.807, 2.05) is 0 Å². The molecule has 1 unspecified atom stereocenters. The molecule has 0 aliphatic heterocycles. The molecule has 6 heteroatoms. The standard InChI is InChI=1S/C64H120O6/c1-4-7-10-13-16-19-22-25-27-28-29-30-31-32-33-34-35-36-37-40-42-45-48-51-54-57-63(66)69-60-61(59-68-62(65)56-53-50-47-44-41-38-24-21-18-15-12-9-6-3)70-64(67)58-55-52-49-46-43-39-26-23-20-17-14-11-8-5-2/h21,23-24,26,61H,4-20,22,25,27-60H2,1-3H3/b24-21-,26-23-. The Kier molecular flexibility index (Phi) is 57.7. The fourth-order valence-corrected chi connectivity index (χ4v) is 9.44. The second-order valence-corrected chi connectivity index (χ2v) is 21.3. The van der Waals surface area contributed by atoms with Gasteiger partial charge in [0.1, 0.15) is 13.2 Å². The number of rotatable bonds is 58. The largest absolute Gasteiger partial charge is 0.462 e. The minimum Gasteiger partial charge on any atom is -0.462 e. The minimum atomic E-state index is -0.775. The summed E-state index contributed by atoms with van der Waals surface area (Å²) >= 11 is 0. The molecule has 6 nitrogen and oxygen atoms in total. The van der Waals surface area contributed by atoms with E-state index in [1.165, 1.54) is 238 Å². The van der Waals surface area contributed by atoms with Crippen molar-refractivity contribution in [3.63, 3.8) is 0 Å². The normalized spacial score (nSPS) is 12.1. The number of allylic oxidation sites excluding steroid dienone is 4. The zero-order chi connectivity index (χ0) is 50.7. The SMILES string of the molecule is CCCCCC/C=C\CCCCCCCC(=O)OCC(COC(=O)CCCCCCCCCCCCCCCCCCCCCCCCCCC)OC(=O)CCCCCCC/C=C\CCCCCCC. The molecule has 0 rings (SSSR count). The van der Waals surface area contributed by atoms with Crippen LogP contribution in [0.2, 0.25) is 0 Å². The first-order valence-electron chi connectivity index (χ1n) is 31.3. The van der Waals surface area contributed by atoms with Gasteiger partial charge in [-0.15, -0.1) is 0 Å². The van der Waals surface area contributed by atoms with Gasteiger partial charge in [-0.25, -0.2) is 0 Å². The van der Waals surface area contributed by atoms with Crippen LogP contribution in [0.3, 0.4) is 0 Å². The van der Waals surface area contributed by atoms with Gasteiger partial charge in [-0.1, -0.05) is 283 Å². The molecule has 0 heterocycles. The molecule has 0 amide bonds. The summed E-state index contributed by atoms with van der Waals surface area (Å²) in [5.41, 5.74) is 0. The summed E-state index contributed by atoms with van der Waals surface area (Å²) in [4.78, 5) is 38.2. The third kappa shape index (κ3) is 56.8. The zero-order valence-electron chi connectivity index (χ0n) is 47.3. The van der Waals surface area contributed by atoms with Crippen LogP contribution in [0.25, 0.3) is 0 Å². The van der Waals surface area contributed by atoms with Crippen molar-refractivity contribution in [3.8, 4) is 0 Å². The average Bonchev–Trinajstić information content (AvgIpc) is 3.36. The van der Waals surface area contributed by atoms with Gasteiger partial charge in [0.25, 0.3) is 0 Å². The summed E-state index contributed by atoms with van der Waals surface area (Å²) in [5.74, 6) is -0.869. The van der Waals surface area contributed by atoms with Crippen molar-refractivity contribution in [2.45, 2.75) is 354 Å². The molecule has 0 bridgehead atoms. The maximum atomic E-state index is 12.8. The highest BCUT2D eigenvalue weighted by atomic mass is 16.6. The van der Waals surface area contributed by atoms with E-state index in [-0.39, 0.29) is 31.1 Å². The lowest BCUT2D eigenvalue weighted by Crippen LogP contribution is -2.30. The van der Waals surface area contributed by atoms with Crippen LogP contribution in [-0.2, 0) is 28.6 Å². The maximum Gasteiger partial charge on any atom is 0.306 e. The first kappa shape index (κ1) is 67.9. The molecule has 0 aromatic carbocycles. The van der Waals surface area contributed by atoms with Crippen LogP contribution < -0.4 is 0 Å². The van der Waals surface area contributed by atoms with E-state index in [9.17, 15) is 14.4 Å². The first-order chi connectivity index (χ1) is 34.5. The Hall–Kier alpha value is -2.11. The van der Waals surface area contributed by atoms with Gasteiger partial charge in [-0.2, -0.15) is 0 Å². The van der Waals surface area contributed by atoms with Crippen molar-refractivity contribution in [3.05, 3.63) is 24.3 Å². The fourth-order valence-electron chi connectivity index (χ4n) is 9.44. The molecular formula is C64H120O6. The van der Waals surface area contributed by atoms with Crippen LogP contribution in [0, 0.1) is 0 Å². The fraction of sp³-hybridized carbons (Fsp3) is 0.891. The van der Waals surface area contributed by atoms with Gasteiger partial charge in [-0.05, 0) is 70.6 Å². The molecule has 0 aromatic heterocycles. The Morgan fingerprint density at radius 3 is 0.729 bits per heavy atom. The van der Waals surface area contributed by atoms with Crippen molar-refractivity contribution in [2.75, 3.05) is 13.2 Å². The van der Waals surface area contributed by atoms with Crippen molar-refractivity contribution in [1.82, 2.24) is 0 Å². The quantitative estimate of drug-likeness (QED) is 0.0261. The minimum absolute atomic E-state index is 0.0727. The van der Waals surface area contributed by atoms with Crippen molar-refractivity contribution < 1.29 is 28.6 Å². The molecule has 0 saturated carbocycles. The van der Waals surface area contributed by atoms with Crippen molar-refractivity contribution in [1.29, 1.82) is 0 Å². The molecule has 0 aliphatic rings. The van der Waals surface area contributed by atoms with Crippen LogP contribution in [-0.4, -0.2) is 37.2 Å². The lowest BCUT2D eigenvalue weighted by molar-refractivity contribution is -0.167. The number of ether oxygens (including phenoxy) is 3. The Balaban J connectivity index is 4.20. The average molecular weight is 986 g/mol. The second kappa shape index (κ2) is 59.5. The molecule has 412 valence electrons. The molecule has 1 atom stereocenters. The third-order valence-electron chi connectivity index (χ3n) is 14.2. The number of hydrogen-bond donors (Lipinski definition) is 0. The highest BCUT2D eigenvalue weighted by molar-refractivity contribution is 5.71. The zero-order valence-corrected chi connectivity index (χ0v) is 47.3. The maximum absolute atomic E-state index is 12.8. The molecule has 0 aliphatic carbocycles. The highest BCUT2D eigenvalue weighted by Crippen LogP contribution is 2.18. The molecule has 0 fully saturated rings. The lowest BCUT2D eigenvalue weighted by Gasteiger charge is -2.18. The van der Waals surface area contributed by atoms with Gasteiger partial charge in [0.05, 0.1) is 0 Å². The number of carbonyl (C=O) groups excluding carboxylic acids is 3. The van der Waals surface area contributed by atoms with Gasteiger partial charge in [0, 0.05) is 19.3 Å². The number of hydrogen-bond acceptors (Lipinski definition) is 6. The van der Waals surface area contributed by atoms with Gasteiger partial charge >= 0.3 is 17.9 Å². The molecule has 0 spiro atoms. The van der Waals surface area contributed by atoms with Crippen LogP contribution in [0.4, 0.5) is 0 Å². The Morgan fingerprint density at radius 1 is 0.271 bits per heavy atom. The predicted octanol–water partition coefficient (Wildman–Crippen LogP) is 21.1. The lowest BCUT2D eigenvalue weighted by atomic mass is 10.0.